The van der Waals surface area contributed by atoms with Crippen LogP contribution in [-0.2, 0) is 20.2 Å². The van der Waals surface area contributed by atoms with E-state index < -0.39 is 50.6 Å². The first-order valence-electron chi connectivity index (χ1n) is 9.70. The number of piperidine rings is 1. The molecule has 11 heteroatoms. The maximum atomic E-state index is 13.6. The van der Waals surface area contributed by atoms with Gasteiger partial charge in [-0.15, -0.1) is 0 Å². The summed E-state index contributed by atoms with van der Waals surface area (Å²) >= 11 is 0. The quantitative estimate of drug-likeness (QED) is 0.619. The summed E-state index contributed by atoms with van der Waals surface area (Å²) < 4.78 is 92.2. The molecule has 1 saturated heterocycles. The normalized spacial score (nSPS) is 17.2. The summed E-state index contributed by atoms with van der Waals surface area (Å²) in [6.45, 7) is -1.79. The highest BCUT2D eigenvalue weighted by Gasteiger charge is 2.47. The van der Waals surface area contributed by atoms with Crippen LogP contribution in [0.3, 0.4) is 0 Å². The van der Waals surface area contributed by atoms with E-state index in [9.17, 15) is 35.2 Å². The van der Waals surface area contributed by atoms with Gasteiger partial charge in [-0.3, -0.25) is 4.79 Å². The van der Waals surface area contributed by atoms with Crippen LogP contribution in [0.2, 0.25) is 0 Å². The number of hydrogen-bond acceptors (Lipinski definition) is 3. The zero-order chi connectivity index (χ0) is 23.7. The van der Waals surface area contributed by atoms with Gasteiger partial charge in [-0.05, 0) is 36.6 Å². The number of amides is 1. The zero-order valence-electron chi connectivity index (χ0n) is 17.1. The van der Waals surface area contributed by atoms with E-state index in [1.165, 1.54) is 0 Å². The van der Waals surface area contributed by atoms with E-state index in [0.29, 0.717) is 22.6 Å². The predicted octanol–water partition coefficient (Wildman–Crippen LogP) is 3.71. The summed E-state index contributed by atoms with van der Waals surface area (Å²) in [4.78, 5) is 13.3. The summed E-state index contributed by atoms with van der Waals surface area (Å²) in [7, 11) is -3.13. The number of carbonyl (C=O) groups is 1. The van der Waals surface area contributed by atoms with Crippen molar-refractivity contribution in [3.8, 4) is 0 Å². The van der Waals surface area contributed by atoms with Gasteiger partial charge in [0.25, 0.3) is 0 Å². The summed E-state index contributed by atoms with van der Waals surface area (Å²) in [6.07, 6.45) is -4.72. The van der Waals surface area contributed by atoms with Gasteiger partial charge in [-0.2, -0.15) is 17.5 Å². The number of hydrogen-bond donors (Lipinski definition) is 0. The Morgan fingerprint density at radius 1 is 1.03 bits per heavy atom. The largest absolute Gasteiger partial charge is 0.406 e. The molecule has 0 unspecified atom stereocenters. The molecule has 0 saturated carbocycles. The summed E-state index contributed by atoms with van der Waals surface area (Å²) in [5.41, 5.74) is -0.856. The SMILES string of the molecule is CN(CC(F)(F)F)C(=O)C1(c2ccccc2)CCN(S(=O)(=O)c2ccc(F)c(F)c2)CC1. The number of halogens is 5. The molecule has 1 aliphatic rings. The van der Waals surface area contributed by atoms with Crippen molar-refractivity contribution in [2.75, 3.05) is 26.7 Å². The molecule has 2 aromatic carbocycles. The molecule has 0 atom stereocenters. The second kappa shape index (κ2) is 8.78. The van der Waals surface area contributed by atoms with Gasteiger partial charge in [0.15, 0.2) is 11.6 Å². The van der Waals surface area contributed by atoms with Crippen molar-refractivity contribution in [3.63, 3.8) is 0 Å². The van der Waals surface area contributed by atoms with Gasteiger partial charge in [0, 0.05) is 20.1 Å². The monoisotopic (exact) mass is 476 g/mol. The van der Waals surface area contributed by atoms with Crippen LogP contribution in [0.1, 0.15) is 18.4 Å². The summed E-state index contributed by atoms with van der Waals surface area (Å²) in [6, 6.07) is 10.5. The van der Waals surface area contributed by atoms with Crippen molar-refractivity contribution in [2.24, 2.45) is 0 Å². The fourth-order valence-electron chi connectivity index (χ4n) is 3.98. The average Bonchev–Trinajstić information content (AvgIpc) is 2.74. The topological polar surface area (TPSA) is 57.7 Å². The van der Waals surface area contributed by atoms with Gasteiger partial charge in [0.2, 0.25) is 15.9 Å². The molecule has 0 spiro atoms. The van der Waals surface area contributed by atoms with E-state index in [4.69, 9.17) is 0 Å². The molecule has 0 aliphatic carbocycles. The standard InChI is InChI=1S/C21H21F5N2O3S/c1-27(14-21(24,25)26)19(29)20(15-5-3-2-4-6-15)9-11-28(12-10-20)32(30,31)16-7-8-17(22)18(23)13-16/h2-8,13H,9-12,14H2,1H3. The van der Waals surface area contributed by atoms with Gasteiger partial charge in [-0.1, -0.05) is 30.3 Å². The molecule has 1 fully saturated rings. The first-order chi connectivity index (χ1) is 14.9. The van der Waals surface area contributed by atoms with E-state index >= 15 is 0 Å². The first-order valence-corrected chi connectivity index (χ1v) is 11.1. The summed E-state index contributed by atoms with van der Waals surface area (Å²) in [5.74, 6) is -3.26. The summed E-state index contributed by atoms with van der Waals surface area (Å²) in [5, 5.41) is 0. The number of alkyl halides is 3. The molecule has 0 bridgehead atoms. The molecular weight excluding hydrogens is 455 g/mol. The van der Waals surface area contributed by atoms with Gasteiger partial charge >= 0.3 is 6.18 Å². The van der Waals surface area contributed by atoms with Crippen LogP contribution >= 0.6 is 0 Å². The number of rotatable bonds is 5. The lowest BCUT2D eigenvalue weighted by Gasteiger charge is -2.42. The predicted molar refractivity (Wildman–Crippen MR) is 106 cm³/mol. The number of carbonyl (C=O) groups excluding carboxylic acids is 1. The smallest absolute Gasteiger partial charge is 0.336 e. The zero-order valence-corrected chi connectivity index (χ0v) is 17.9. The lowest BCUT2D eigenvalue weighted by molar-refractivity contribution is -0.163. The van der Waals surface area contributed by atoms with Crippen molar-refractivity contribution in [2.45, 2.75) is 29.3 Å². The van der Waals surface area contributed by atoms with Gasteiger partial charge < -0.3 is 4.90 Å². The highest BCUT2D eigenvalue weighted by atomic mass is 32.2. The van der Waals surface area contributed by atoms with Crippen LogP contribution in [0.4, 0.5) is 22.0 Å². The van der Waals surface area contributed by atoms with Crippen molar-refractivity contribution < 1.29 is 35.2 Å². The minimum Gasteiger partial charge on any atom is -0.336 e. The Morgan fingerprint density at radius 2 is 1.62 bits per heavy atom. The maximum absolute atomic E-state index is 13.6. The van der Waals surface area contributed by atoms with Crippen LogP contribution < -0.4 is 0 Å². The fourth-order valence-corrected chi connectivity index (χ4v) is 5.44. The van der Waals surface area contributed by atoms with E-state index in [2.05, 4.69) is 0 Å². The third kappa shape index (κ3) is 4.78. The van der Waals surface area contributed by atoms with Gasteiger partial charge in [0.05, 0.1) is 10.3 Å². The first kappa shape index (κ1) is 24.1. The Balaban J connectivity index is 1.90. The molecular formula is C21H21F5N2O3S. The number of sulfonamides is 1. The van der Waals surface area contributed by atoms with Crippen molar-refractivity contribution in [3.05, 3.63) is 65.7 Å². The third-order valence-corrected chi connectivity index (χ3v) is 7.50. The van der Waals surface area contributed by atoms with Gasteiger partial charge in [0.1, 0.15) is 6.54 Å². The van der Waals surface area contributed by atoms with E-state index in [0.717, 1.165) is 17.4 Å². The van der Waals surface area contributed by atoms with Crippen LogP contribution in [0.15, 0.2) is 53.4 Å². The highest BCUT2D eigenvalue weighted by Crippen LogP contribution is 2.39. The second-order valence-electron chi connectivity index (χ2n) is 7.70. The van der Waals surface area contributed by atoms with Crippen LogP contribution in [0.5, 0.6) is 0 Å². The average molecular weight is 476 g/mol. The van der Waals surface area contributed by atoms with E-state index in [-0.39, 0.29) is 25.9 Å². The van der Waals surface area contributed by atoms with Crippen LogP contribution in [0.25, 0.3) is 0 Å². The number of nitrogens with zero attached hydrogens (tertiary/aromatic N) is 2. The Morgan fingerprint density at radius 3 is 2.16 bits per heavy atom. The minimum absolute atomic E-state index is 0.0685. The van der Waals surface area contributed by atoms with E-state index in [1.54, 1.807) is 30.3 Å². The molecule has 1 amide bonds. The molecule has 2 aromatic rings. The molecule has 32 heavy (non-hydrogen) atoms. The molecule has 1 heterocycles. The van der Waals surface area contributed by atoms with E-state index in [1.807, 2.05) is 0 Å². The van der Waals surface area contributed by atoms with Crippen molar-refractivity contribution in [1.29, 1.82) is 0 Å². The molecule has 174 valence electrons. The maximum Gasteiger partial charge on any atom is 0.406 e. The van der Waals surface area contributed by atoms with Gasteiger partial charge in [-0.25, -0.2) is 17.2 Å². The third-order valence-electron chi connectivity index (χ3n) is 5.60. The number of benzene rings is 2. The Kier molecular flexibility index (Phi) is 6.62. The lowest BCUT2D eigenvalue weighted by Crippen LogP contribution is -2.54. The molecule has 0 aromatic heterocycles. The van der Waals surface area contributed by atoms with Crippen molar-refractivity contribution in [1.82, 2.24) is 9.21 Å². The fraction of sp³-hybridized carbons (Fsp3) is 0.381. The Labute approximate surface area is 182 Å². The van der Waals surface area contributed by atoms with Crippen molar-refractivity contribution >= 4 is 15.9 Å². The lowest BCUT2D eigenvalue weighted by atomic mass is 9.72. The highest BCUT2D eigenvalue weighted by molar-refractivity contribution is 7.89. The second-order valence-corrected chi connectivity index (χ2v) is 9.64. The minimum atomic E-state index is -4.58. The molecule has 0 radical (unpaired) electrons. The molecule has 5 nitrogen and oxygen atoms in total. The number of likely N-dealkylation sites (N-methyl/N-ethyl adjacent to an activating group) is 1. The molecule has 3 rings (SSSR count). The Hall–Kier alpha value is -2.53. The molecule has 0 N–H and O–H groups in total. The van der Waals surface area contributed by atoms with Crippen LogP contribution in [-0.4, -0.2) is 56.4 Å². The van der Waals surface area contributed by atoms with Crippen LogP contribution in [0, 0.1) is 11.6 Å². The Bertz CT molecular complexity index is 1080. The molecule has 1 aliphatic heterocycles.